The second kappa shape index (κ2) is 9.12. The molecule has 4 atom stereocenters. The number of aliphatic hydroxyl groups excluding tert-OH is 1. The first kappa shape index (κ1) is 23.8. The van der Waals surface area contributed by atoms with Crippen LogP contribution in [0.5, 0.6) is 0 Å². The smallest absolute Gasteiger partial charge is 0.394 e. The summed E-state index contributed by atoms with van der Waals surface area (Å²) in [5.41, 5.74) is 0.995. The lowest BCUT2D eigenvalue weighted by atomic mass is 10.1. The number of aliphatic hydroxyl groups is 1. The number of hydrogen-bond donors (Lipinski definition) is 2. The maximum Gasteiger partial charge on any atom is 0.449 e. The Balaban J connectivity index is 1.39. The van der Waals surface area contributed by atoms with Crippen LogP contribution in [-0.2, 0) is 19.0 Å². The molecule has 0 radical (unpaired) electrons. The van der Waals surface area contributed by atoms with Gasteiger partial charge < -0.3 is 24.6 Å². The van der Waals surface area contributed by atoms with Crippen LogP contribution in [0.1, 0.15) is 45.8 Å². The maximum atomic E-state index is 12.2. The molecule has 0 aromatic carbocycles. The maximum absolute atomic E-state index is 12.2. The van der Waals surface area contributed by atoms with E-state index < -0.39 is 48.7 Å². The first-order valence-corrected chi connectivity index (χ1v) is 10.7. The molecule has 0 spiro atoms. The molecule has 4 heterocycles. The SMILES string of the molecule is CC1(C)OC2[C@@H](CO)O[C@@H](n3cnc4c(NCCCCCC(=O)C(F)(F)F)ncnc43)[C@H]2O1. The highest BCUT2D eigenvalue weighted by Crippen LogP contribution is 2.43. The van der Waals surface area contributed by atoms with Crippen LogP contribution in [0.3, 0.4) is 0 Å². The van der Waals surface area contributed by atoms with E-state index in [9.17, 15) is 23.1 Å². The van der Waals surface area contributed by atoms with Crippen molar-refractivity contribution >= 4 is 22.8 Å². The van der Waals surface area contributed by atoms with Gasteiger partial charge in [-0.1, -0.05) is 6.42 Å². The van der Waals surface area contributed by atoms with Crippen LogP contribution in [0.4, 0.5) is 19.0 Å². The Morgan fingerprint density at radius 2 is 1.94 bits per heavy atom. The molecule has 2 aromatic rings. The minimum absolute atomic E-state index is 0.167. The quantitative estimate of drug-likeness (QED) is 0.529. The Hall–Kier alpha value is -2.35. The lowest BCUT2D eigenvalue weighted by Crippen LogP contribution is -2.31. The molecule has 10 nitrogen and oxygen atoms in total. The molecule has 2 aliphatic rings. The average Bonchev–Trinajstić information content (AvgIpc) is 3.40. The van der Waals surface area contributed by atoms with E-state index in [4.69, 9.17) is 14.2 Å². The predicted molar refractivity (Wildman–Crippen MR) is 108 cm³/mol. The van der Waals surface area contributed by atoms with Crippen LogP contribution >= 0.6 is 0 Å². The van der Waals surface area contributed by atoms with Crippen molar-refractivity contribution in [1.29, 1.82) is 0 Å². The van der Waals surface area contributed by atoms with Gasteiger partial charge in [0, 0.05) is 13.0 Å². The van der Waals surface area contributed by atoms with Gasteiger partial charge in [-0.15, -0.1) is 0 Å². The lowest BCUT2D eigenvalue weighted by molar-refractivity contribution is -0.199. The summed E-state index contributed by atoms with van der Waals surface area (Å²) in [6.45, 7) is 3.82. The van der Waals surface area contributed by atoms with Crippen molar-refractivity contribution in [2.75, 3.05) is 18.5 Å². The summed E-state index contributed by atoms with van der Waals surface area (Å²) in [5, 5.41) is 12.8. The van der Waals surface area contributed by atoms with E-state index in [2.05, 4.69) is 20.3 Å². The molecule has 182 valence electrons. The first-order valence-electron chi connectivity index (χ1n) is 10.7. The fourth-order valence-corrected chi connectivity index (χ4v) is 4.13. The number of nitrogens with one attached hydrogen (secondary N) is 1. The lowest BCUT2D eigenvalue weighted by Gasteiger charge is -2.24. The standard InChI is InChI=1S/C20H26F3N5O5/c1-19(2)32-14-11(8-29)31-18(15(14)33-19)28-10-27-13-16(25-9-26-17(13)28)24-7-5-3-4-6-12(30)20(21,22)23/h9-11,14-15,18,29H,3-8H2,1-2H3,(H,24,25,26)/t11-,14?,15+,18-/m1/s1. The number of rotatable bonds is 9. The molecule has 0 aliphatic carbocycles. The van der Waals surface area contributed by atoms with Crippen molar-refractivity contribution in [2.45, 2.75) is 76.0 Å². The number of imidazole rings is 1. The molecule has 2 fully saturated rings. The highest BCUT2D eigenvalue weighted by molar-refractivity contribution is 5.84. The molecule has 2 aromatic heterocycles. The number of nitrogens with zero attached hydrogens (tertiary/aromatic N) is 4. The molecule has 4 rings (SSSR count). The number of carbonyl (C=O) groups is 1. The van der Waals surface area contributed by atoms with Crippen LogP contribution < -0.4 is 5.32 Å². The Kier molecular flexibility index (Phi) is 6.58. The minimum atomic E-state index is -4.77. The molecule has 0 amide bonds. The topological polar surface area (TPSA) is 121 Å². The van der Waals surface area contributed by atoms with E-state index in [1.165, 1.54) is 6.33 Å². The third-order valence-electron chi connectivity index (χ3n) is 5.63. The molecular weight excluding hydrogens is 447 g/mol. The highest BCUT2D eigenvalue weighted by Gasteiger charge is 2.56. The summed E-state index contributed by atoms with van der Waals surface area (Å²) < 4.78 is 56.3. The second-order valence-corrected chi connectivity index (χ2v) is 8.52. The Bertz CT molecular complexity index is 998. The van der Waals surface area contributed by atoms with Crippen LogP contribution in [0.15, 0.2) is 12.7 Å². The van der Waals surface area contributed by atoms with E-state index in [0.29, 0.717) is 36.4 Å². The van der Waals surface area contributed by atoms with Crippen molar-refractivity contribution in [3.63, 3.8) is 0 Å². The van der Waals surface area contributed by atoms with Crippen LogP contribution in [0.25, 0.3) is 11.2 Å². The van der Waals surface area contributed by atoms with Gasteiger partial charge in [0.15, 0.2) is 29.0 Å². The van der Waals surface area contributed by atoms with E-state index in [1.807, 2.05) is 0 Å². The van der Waals surface area contributed by atoms with Gasteiger partial charge in [0.25, 0.3) is 0 Å². The van der Waals surface area contributed by atoms with Gasteiger partial charge in [0.2, 0.25) is 5.78 Å². The van der Waals surface area contributed by atoms with Gasteiger partial charge >= 0.3 is 6.18 Å². The number of carbonyl (C=O) groups excluding carboxylic acids is 1. The van der Waals surface area contributed by atoms with Gasteiger partial charge in [-0.25, -0.2) is 15.0 Å². The fourth-order valence-electron chi connectivity index (χ4n) is 4.13. The molecule has 2 saturated heterocycles. The van der Waals surface area contributed by atoms with Gasteiger partial charge in [-0.05, 0) is 26.7 Å². The Morgan fingerprint density at radius 1 is 1.18 bits per heavy atom. The number of unbranched alkanes of at least 4 members (excludes halogenated alkanes) is 2. The largest absolute Gasteiger partial charge is 0.449 e. The van der Waals surface area contributed by atoms with Gasteiger partial charge in [0.1, 0.15) is 24.6 Å². The monoisotopic (exact) mass is 473 g/mol. The number of fused-ring (bicyclic) bond motifs is 2. The van der Waals surface area contributed by atoms with Crippen molar-refractivity contribution in [1.82, 2.24) is 19.5 Å². The van der Waals surface area contributed by atoms with Gasteiger partial charge in [0.05, 0.1) is 12.9 Å². The number of Topliss-reactive ketones (excluding diaryl/α,β-unsaturated/α-hetero) is 1. The molecule has 0 bridgehead atoms. The van der Waals surface area contributed by atoms with Crippen LogP contribution in [-0.4, -0.2) is 73.8 Å². The second-order valence-electron chi connectivity index (χ2n) is 8.52. The summed E-state index contributed by atoms with van der Waals surface area (Å²) >= 11 is 0. The van der Waals surface area contributed by atoms with E-state index in [0.717, 1.165) is 0 Å². The van der Waals surface area contributed by atoms with Gasteiger partial charge in [-0.3, -0.25) is 9.36 Å². The highest BCUT2D eigenvalue weighted by atomic mass is 19.4. The Labute approximate surface area is 187 Å². The van der Waals surface area contributed by atoms with Crippen molar-refractivity contribution < 1.29 is 37.3 Å². The molecular formula is C20H26F3N5O5. The first-order chi connectivity index (χ1) is 15.6. The van der Waals surface area contributed by atoms with Crippen molar-refractivity contribution in [3.05, 3.63) is 12.7 Å². The third-order valence-corrected chi connectivity index (χ3v) is 5.63. The molecule has 2 aliphatic heterocycles. The van der Waals surface area contributed by atoms with Gasteiger partial charge in [-0.2, -0.15) is 13.2 Å². The normalized spacial score (nSPS) is 26.6. The number of anilines is 1. The number of ketones is 1. The van der Waals surface area contributed by atoms with Crippen molar-refractivity contribution in [3.8, 4) is 0 Å². The zero-order valence-corrected chi connectivity index (χ0v) is 18.2. The fraction of sp³-hybridized carbons (Fsp3) is 0.700. The average molecular weight is 473 g/mol. The predicted octanol–water partition coefficient (Wildman–Crippen LogP) is 2.34. The summed E-state index contributed by atoms with van der Waals surface area (Å²) in [5.74, 6) is -2.03. The number of halogens is 3. The molecule has 1 unspecified atom stereocenters. The minimum Gasteiger partial charge on any atom is -0.394 e. The zero-order chi connectivity index (χ0) is 23.8. The summed E-state index contributed by atoms with van der Waals surface area (Å²) in [6.07, 6.45) is -3.20. The summed E-state index contributed by atoms with van der Waals surface area (Å²) in [7, 11) is 0. The summed E-state index contributed by atoms with van der Waals surface area (Å²) in [4.78, 5) is 23.8. The number of alkyl halides is 3. The zero-order valence-electron chi connectivity index (χ0n) is 18.2. The Morgan fingerprint density at radius 3 is 2.67 bits per heavy atom. The van der Waals surface area contributed by atoms with E-state index >= 15 is 0 Å². The van der Waals surface area contributed by atoms with Crippen LogP contribution in [0, 0.1) is 0 Å². The molecule has 2 N–H and O–H groups in total. The molecule has 13 heteroatoms. The van der Waals surface area contributed by atoms with E-state index in [1.54, 1.807) is 24.7 Å². The molecule has 33 heavy (non-hydrogen) atoms. The van der Waals surface area contributed by atoms with Crippen molar-refractivity contribution in [2.24, 2.45) is 0 Å². The van der Waals surface area contributed by atoms with Crippen LogP contribution in [0.2, 0.25) is 0 Å². The number of ether oxygens (including phenoxy) is 3. The van der Waals surface area contributed by atoms with E-state index in [-0.39, 0.29) is 13.0 Å². The number of hydrogen-bond acceptors (Lipinski definition) is 9. The molecule has 0 saturated carbocycles. The summed E-state index contributed by atoms with van der Waals surface area (Å²) in [6, 6.07) is 0. The number of aromatic nitrogens is 4. The third kappa shape index (κ3) is 4.95.